The highest BCUT2D eigenvalue weighted by Crippen LogP contribution is 2.15. The van der Waals surface area contributed by atoms with Gasteiger partial charge in [-0.1, -0.05) is 19.1 Å². The van der Waals surface area contributed by atoms with Crippen molar-refractivity contribution in [3.05, 3.63) is 54.4 Å². The molecule has 0 amide bonds. The maximum absolute atomic E-state index is 10.7. The van der Waals surface area contributed by atoms with Crippen molar-refractivity contribution in [3.63, 3.8) is 0 Å². The van der Waals surface area contributed by atoms with Gasteiger partial charge in [-0.3, -0.25) is 0 Å². The van der Waals surface area contributed by atoms with Crippen LogP contribution in [0.2, 0.25) is 0 Å². The van der Waals surface area contributed by atoms with Gasteiger partial charge in [-0.2, -0.15) is 0 Å². The molecule has 0 spiro atoms. The first-order valence-corrected chi connectivity index (χ1v) is 6.21. The number of hydrogen-bond donors (Lipinski definition) is 2. The summed E-state index contributed by atoms with van der Waals surface area (Å²) >= 11 is 0. The molecule has 0 saturated carbocycles. The van der Waals surface area contributed by atoms with E-state index in [1.54, 1.807) is 6.92 Å². The van der Waals surface area contributed by atoms with Crippen LogP contribution in [0.25, 0.3) is 5.69 Å². The molecule has 0 radical (unpaired) electrons. The average molecular weight is 259 g/mol. The van der Waals surface area contributed by atoms with Crippen LogP contribution in [0.15, 0.2) is 48.8 Å². The molecule has 0 aliphatic rings. The van der Waals surface area contributed by atoms with Crippen molar-refractivity contribution in [2.45, 2.75) is 19.4 Å². The summed E-state index contributed by atoms with van der Waals surface area (Å²) < 4.78 is 2.00. The summed E-state index contributed by atoms with van der Waals surface area (Å²) in [5, 5.41) is 18.2. The summed E-state index contributed by atoms with van der Waals surface area (Å²) in [6.45, 7) is 1.73. The average Bonchev–Trinajstić information content (AvgIpc) is 2.92. The maximum atomic E-state index is 10.7. The normalized spacial score (nSPS) is 14.0. The van der Waals surface area contributed by atoms with Gasteiger partial charge in [0, 0.05) is 18.1 Å². The molecule has 4 nitrogen and oxygen atoms in total. The molecule has 100 valence electrons. The fourth-order valence-corrected chi connectivity index (χ4v) is 2.04. The summed E-state index contributed by atoms with van der Waals surface area (Å²) in [5.74, 6) is -1.48. The zero-order chi connectivity index (χ0) is 13.8. The first-order chi connectivity index (χ1) is 9.08. The lowest BCUT2D eigenvalue weighted by molar-refractivity contribution is -0.149. The third kappa shape index (κ3) is 3.23. The van der Waals surface area contributed by atoms with Crippen molar-refractivity contribution in [2.24, 2.45) is 5.92 Å². The largest absolute Gasteiger partial charge is 0.479 e. The second kappa shape index (κ2) is 5.71. The highest BCUT2D eigenvalue weighted by molar-refractivity contribution is 5.72. The van der Waals surface area contributed by atoms with Gasteiger partial charge in [0.1, 0.15) is 0 Å². The van der Waals surface area contributed by atoms with Gasteiger partial charge in [0.25, 0.3) is 0 Å². The molecule has 1 aromatic carbocycles. The number of carboxylic acids is 1. The number of aliphatic carboxylic acids is 1. The smallest absolute Gasteiger partial charge is 0.332 e. The molecule has 1 aromatic heterocycles. The molecule has 0 fully saturated rings. The van der Waals surface area contributed by atoms with Crippen LogP contribution in [0.1, 0.15) is 12.5 Å². The predicted molar refractivity (Wildman–Crippen MR) is 72.3 cm³/mol. The van der Waals surface area contributed by atoms with Crippen LogP contribution in [-0.2, 0) is 11.2 Å². The van der Waals surface area contributed by atoms with E-state index in [9.17, 15) is 9.90 Å². The van der Waals surface area contributed by atoms with Gasteiger partial charge in [0.2, 0.25) is 0 Å². The lowest BCUT2D eigenvalue weighted by Crippen LogP contribution is -2.28. The van der Waals surface area contributed by atoms with E-state index in [2.05, 4.69) is 0 Å². The summed E-state index contributed by atoms with van der Waals surface area (Å²) in [7, 11) is 0. The number of aliphatic hydroxyl groups excluding tert-OH is 1. The molecule has 1 heterocycles. The van der Waals surface area contributed by atoms with E-state index in [-0.39, 0.29) is 5.92 Å². The maximum Gasteiger partial charge on any atom is 0.332 e. The monoisotopic (exact) mass is 259 g/mol. The minimum atomic E-state index is -1.32. The van der Waals surface area contributed by atoms with Gasteiger partial charge >= 0.3 is 5.97 Å². The predicted octanol–water partition coefficient (Wildman–Crippen LogP) is 2.10. The lowest BCUT2D eigenvalue weighted by atomic mass is 9.96. The Labute approximate surface area is 111 Å². The molecule has 4 heteroatoms. The number of aliphatic hydroxyl groups is 1. The van der Waals surface area contributed by atoms with Crippen LogP contribution in [0, 0.1) is 5.92 Å². The van der Waals surface area contributed by atoms with Crippen molar-refractivity contribution in [1.82, 2.24) is 4.57 Å². The lowest BCUT2D eigenvalue weighted by Gasteiger charge is -2.15. The first-order valence-electron chi connectivity index (χ1n) is 6.21. The van der Waals surface area contributed by atoms with Crippen LogP contribution in [0.3, 0.4) is 0 Å². The Balaban J connectivity index is 2.05. The fraction of sp³-hybridized carbons (Fsp3) is 0.267. The van der Waals surface area contributed by atoms with E-state index >= 15 is 0 Å². The van der Waals surface area contributed by atoms with Crippen molar-refractivity contribution in [2.75, 3.05) is 0 Å². The van der Waals surface area contributed by atoms with Crippen molar-refractivity contribution in [1.29, 1.82) is 0 Å². The number of carboxylic acid groups (broad SMARTS) is 1. The van der Waals surface area contributed by atoms with Crippen LogP contribution in [0.5, 0.6) is 0 Å². The summed E-state index contributed by atoms with van der Waals surface area (Å²) in [6.07, 6.45) is 3.15. The Kier molecular flexibility index (Phi) is 4.02. The molecule has 2 atom stereocenters. The molecule has 0 saturated heterocycles. The topological polar surface area (TPSA) is 62.5 Å². The Hall–Kier alpha value is -2.07. The molecular weight excluding hydrogens is 242 g/mol. The number of rotatable bonds is 5. The van der Waals surface area contributed by atoms with E-state index in [0.717, 1.165) is 11.3 Å². The summed E-state index contributed by atoms with van der Waals surface area (Å²) in [4.78, 5) is 10.7. The van der Waals surface area contributed by atoms with E-state index in [1.807, 2.05) is 53.4 Å². The van der Waals surface area contributed by atoms with Gasteiger partial charge in [-0.15, -0.1) is 0 Å². The van der Waals surface area contributed by atoms with Crippen LogP contribution < -0.4 is 0 Å². The minimum Gasteiger partial charge on any atom is -0.479 e. The number of nitrogens with zero attached hydrogens (tertiary/aromatic N) is 1. The van der Waals surface area contributed by atoms with Crippen molar-refractivity contribution >= 4 is 5.97 Å². The van der Waals surface area contributed by atoms with Gasteiger partial charge < -0.3 is 14.8 Å². The van der Waals surface area contributed by atoms with Crippen LogP contribution in [-0.4, -0.2) is 26.9 Å². The Morgan fingerprint density at radius 2 is 1.79 bits per heavy atom. The van der Waals surface area contributed by atoms with E-state index in [0.29, 0.717) is 6.42 Å². The molecule has 2 aromatic rings. The van der Waals surface area contributed by atoms with Gasteiger partial charge in [0.15, 0.2) is 6.10 Å². The van der Waals surface area contributed by atoms with E-state index in [1.165, 1.54) is 0 Å². The third-order valence-electron chi connectivity index (χ3n) is 3.19. The Bertz CT molecular complexity index is 531. The van der Waals surface area contributed by atoms with Crippen LogP contribution >= 0.6 is 0 Å². The molecule has 0 bridgehead atoms. The highest BCUT2D eigenvalue weighted by atomic mass is 16.4. The Morgan fingerprint density at radius 1 is 1.21 bits per heavy atom. The van der Waals surface area contributed by atoms with Gasteiger partial charge in [-0.25, -0.2) is 4.79 Å². The second-order valence-electron chi connectivity index (χ2n) is 4.72. The van der Waals surface area contributed by atoms with E-state index < -0.39 is 12.1 Å². The molecular formula is C15H17NO3. The minimum absolute atomic E-state index is 0.310. The quantitative estimate of drug-likeness (QED) is 0.864. The van der Waals surface area contributed by atoms with Gasteiger partial charge in [-0.05, 0) is 42.2 Å². The zero-order valence-electron chi connectivity index (χ0n) is 10.7. The molecule has 0 aliphatic carbocycles. The standard InChI is InChI=1S/C15H17NO3/c1-11(14(17)15(18)19)10-12-4-6-13(7-5-12)16-8-2-3-9-16/h2-9,11,14,17H,10H2,1H3,(H,18,19). The molecule has 2 rings (SSSR count). The number of aromatic nitrogens is 1. The second-order valence-corrected chi connectivity index (χ2v) is 4.72. The third-order valence-corrected chi connectivity index (χ3v) is 3.19. The highest BCUT2D eigenvalue weighted by Gasteiger charge is 2.21. The number of hydrogen-bond acceptors (Lipinski definition) is 2. The molecule has 19 heavy (non-hydrogen) atoms. The molecule has 2 unspecified atom stereocenters. The van der Waals surface area contributed by atoms with Crippen molar-refractivity contribution < 1.29 is 15.0 Å². The van der Waals surface area contributed by atoms with E-state index in [4.69, 9.17) is 5.11 Å². The fourth-order valence-electron chi connectivity index (χ4n) is 2.04. The first kappa shape index (κ1) is 13.4. The van der Waals surface area contributed by atoms with Crippen molar-refractivity contribution in [3.8, 4) is 5.69 Å². The number of carbonyl (C=O) groups is 1. The SMILES string of the molecule is CC(Cc1ccc(-n2cccc2)cc1)C(O)C(=O)O. The number of benzene rings is 1. The zero-order valence-corrected chi connectivity index (χ0v) is 10.7. The molecule has 0 aliphatic heterocycles. The summed E-state index contributed by atoms with van der Waals surface area (Å²) in [6, 6.07) is 11.8. The van der Waals surface area contributed by atoms with Gasteiger partial charge in [0.05, 0.1) is 0 Å². The Morgan fingerprint density at radius 3 is 2.32 bits per heavy atom. The van der Waals surface area contributed by atoms with Crippen LogP contribution in [0.4, 0.5) is 0 Å². The summed E-state index contributed by atoms with van der Waals surface area (Å²) in [5.41, 5.74) is 2.07. The molecule has 2 N–H and O–H groups in total.